The van der Waals surface area contributed by atoms with Crippen molar-refractivity contribution < 1.29 is 19.0 Å². The summed E-state index contributed by atoms with van der Waals surface area (Å²) in [5.41, 5.74) is 0. The summed E-state index contributed by atoms with van der Waals surface area (Å²) in [4.78, 5) is 12.0. The molecule has 1 aromatic heterocycles. The molecule has 0 unspecified atom stereocenters. The minimum absolute atomic E-state index is 0.103. The first-order valence-electron chi connectivity index (χ1n) is 7.09. The van der Waals surface area contributed by atoms with Crippen molar-refractivity contribution in [3.63, 3.8) is 0 Å². The number of hydrogen-bond acceptors (Lipinski definition) is 4. The van der Waals surface area contributed by atoms with Gasteiger partial charge < -0.3 is 15.2 Å². The molecule has 2 N–H and O–H groups in total. The molecule has 1 heterocycles. The number of carbonyl (C=O) groups is 1. The van der Waals surface area contributed by atoms with E-state index < -0.39 is 11.9 Å². The number of ether oxygens (including phenoxy) is 1. The second kappa shape index (κ2) is 6.55. The Balaban J connectivity index is 1.53. The Morgan fingerprint density at radius 2 is 2.39 bits per heavy atom. The highest BCUT2D eigenvalue weighted by Gasteiger charge is 2.42. The first-order valence-corrected chi connectivity index (χ1v) is 7.47. The molecule has 0 saturated heterocycles. The fraction of sp³-hybridized carbons (Fsp3) is 0.333. The smallest absolute Gasteiger partial charge is 0.258 e. The van der Waals surface area contributed by atoms with Gasteiger partial charge in [0, 0.05) is 12.4 Å². The van der Waals surface area contributed by atoms with Crippen molar-refractivity contribution in [3.05, 3.63) is 47.5 Å². The topological polar surface area (TPSA) is 76.4 Å². The van der Waals surface area contributed by atoms with Crippen LogP contribution < -0.4 is 10.1 Å². The van der Waals surface area contributed by atoms with E-state index in [0.717, 1.165) is 6.07 Å². The minimum atomic E-state index is -0.548. The van der Waals surface area contributed by atoms with Gasteiger partial charge in [-0.05, 0) is 30.7 Å². The number of aliphatic hydroxyl groups excluding tert-OH is 1. The lowest BCUT2D eigenvalue weighted by Gasteiger charge is -2.41. The lowest BCUT2D eigenvalue weighted by Crippen LogP contribution is -2.56. The van der Waals surface area contributed by atoms with Gasteiger partial charge in [-0.25, -0.2) is 4.39 Å². The molecule has 2 aromatic rings. The number of nitrogens with zero attached hydrogens (tertiary/aromatic N) is 2. The standard InChI is InChI=1S/C15H15ClFN3O3/c16-10-6-9(17)2-3-13(10)23-8-14(22)19-11-7-12(21)15(11)20-5-1-4-18-20/h1-6,11-12,15,21H,7-8H2,(H,19,22)/t11-,12+,15+/m0/s1. The summed E-state index contributed by atoms with van der Waals surface area (Å²) >= 11 is 5.83. The first kappa shape index (κ1) is 15.8. The van der Waals surface area contributed by atoms with E-state index in [1.165, 1.54) is 12.1 Å². The summed E-state index contributed by atoms with van der Waals surface area (Å²) in [5.74, 6) is -0.586. The van der Waals surface area contributed by atoms with Crippen LogP contribution in [0.4, 0.5) is 4.39 Å². The fourth-order valence-electron chi connectivity index (χ4n) is 2.56. The van der Waals surface area contributed by atoms with E-state index in [1.807, 2.05) is 0 Å². The van der Waals surface area contributed by atoms with Gasteiger partial charge in [-0.15, -0.1) is 0 Å². The van der Waals surface area contributed by atoms with Crippen LogP contribution in [0, 0.1) is 5.82 Å². The molecule has 0 aliphatic heterocycles. The number of amides is 1. The molecule has 0 radical (unpaired) electrons. The molecule has 3 atom stereocenters. The van der Waals surface area contributed by atoms with E-state index in [2.05, 4.69) is 10.4 Å². The first-order chi connectivity index (χ1) is 11.0. The third kappa shape index (κ3) is 3.46. The predicted octanol–water partition coefficient (Wildman–Crippen LogP) is 1.55. The highest BCUT2D eigenvalue weighted by atomic mass is 35.5. The molecule has 1 amide bonds. The van der Waals surface area contributed by atoms with E-state index in [-0.39, 0.29) is 35.4 Å². The number of rotatable bonds is 5. The van der Waals surface area contributed by atoms with Crippen molar-refractivity contribution in [2.45, 2.75) is 24.6 Å². The minimum Gasteiger partial charge on any atom is -0.482 e. The molecule has 1 aromatic carbocycles. The van der Waals surface area contributed by atoms with Gasteiger partial charge in [0.05, 0.1) is 23.2 Å². The molecular weight excluding hydrogens is 325 g/mol. The molecule has 1 saturated carbocycles. The van der Waals surface area contributed by atoms with Crippen LogP contribution in [0.2, 0.25) is 5.02 Å². The Morgan fingerprint density at radius 1 is 1.57 bits per heavy atom. The van der Waals surface area contributed by atoms with Crippen molar-refractivity contribution in [2.24, 2.45) is 0 Å². The maximum Gasteiger partial charge on any atom is 0.258 e. The molecule has 0 spiro atoms. The molecule has 0 bridgehead atoms. The van der Waals surface area contributed by atoms with Gasteiger partial charge in [-0.3, -0.25) is 9.48 Å². The predicted molar refractivity (Wildman–Crippen MR) is 80.7 cm³/mol. The Morgan fingerprint density at radius 3 is 3.04 bits per heavy atom. The maximum absolute atomic E-state index is 12.9. The average molecular weight is 340 g/mol. The van der Waals surface area contributed by atoms with E-state index in [9.17, 15) is 14.3 Å². The largest absolute Gasteiger partial charge is 0.482 e. The average Bonchev–Trinajstić information content (AvgIpc) is 2.99. The van der Waals surface area contributed by atoms with Gasteiger partial charge >= 0.3 is 0 Å². The van der Waals surface area contributed by atoms with Crippen LogP contribution >= 0.6 is 11.6 Å². The van der Waals surface area contributed by atoms with Crippen molar-refractivity contribution in [3.8, 4) is 5.75 Å². The summed E-state index contributed by atoms with van der Waals surface area (Å²) < 4.78 is 19.8. The van der Waals surface area contributed by atoms with Gasteiger partial charge in [-0.1, -0.05) is 11.6 Å². The summed E-state index contributed by atoms with van der Waals surface area (Å²) in [6.07, 6.45) is 3.26. The van der Waals surface area contributed by atoms with E-state index in [0.29, 0.717) is 6.42 Å². The van der Waals surface area contributed by atoms with Crippen molar-refractivity contribution >= 4 is 17.5 Å². The van der Waals surface area contributed by atoms with E-state index >= 15 is 0 Å². The second-order valence-electron chi connectivity index (χ2n) is 5.32. The van der Waals surface area contributed by atoms with Crippen LogP contribution in [-0.2, 0) is 4.79 Å². The van der Waals surface area contributed by atoms with Gasteiger partial charge in [0.2, 0.25) is 0 Å². The third-order valence-corrected chi connectivity index (χ3v) is 4.03. The zero-order valence-electron chi connectivity index (χ0n) is 12.0. The van der Waals surface area contributed by atoms with Crippen LogP contribution in [0.1, 0.15) is 12.5 Å². The van der Waals surface area contributed by atoms with Crippen LogP contribution in [-0.4, -0.2) is 39.5 Å². The summed E-state index contributed by atoms with van der Waals surface area (Å²) in [6, 6.07) is 4.93. The van der Waals surface area contributed by atoms with Crippen molar-refractivity contribution in [1.82, 2.24) is 15.1 Å². The highest BCUT2D eigenvalue weighted by molar-refractivity contribution is 6.32. The molecule has 6 nitrogen and oxygen atoms in total. The van der Waals surface area contributed by atoms with Crippen molar-refractivity contribution in [1.29, 1.82) is 0 Å². The van der Waals surface area contributed by atoms with Crippen molar-refractivity contribution in [2.75, 3.05) is 6.61 Å². The van der Waals surface area contributed by atoms with Gasteiger partial charge in [-0.2, -0.15) is 5.10 Å². The monoisotopic (exact) mass is 339 g/mol. The molecule has 8 heteroatoms. The maximum atomic E-state index is 12.9. The number of aromatic nitrogens is 2. The SMILES string of the molecule is O=C(COc1ccc(F)cc1Cl)N[C@H]1C[C@@H](O)[C@@H]1n1cccn1. The third-order valence-electron chi connectivity index (χ3n) is 3.73. The lowest BCUT2D eigenvalue weighted by molar-refractivity contribution is -0.126. The summed E-state index contributed by atoms with van der Waals surface area (Å²) in [5, 5.41) is 16.8. The molecular formula is C15H15ClFN3O3. The normalized spacial score (nSPS) is 23.2. The summed E-state index contributed by atoms with van der Waals surface area (Å²) in [7, 11) is 0. The number of hydrogen-bond donors (Lipinski definition) is 2. The van der Waals surface area contributed by atoms with Crippen LogP contribution in [0.3, 0.4) is 0 Å². The Bertz CT molecular complexity index is 695. The zero-order chi connectivity index (χ0) is 16.4. The number of halogens is 2. The molecule has 1 fully saturated rings. The molecule has 23 heavy (non-hydrogen) atoms. The Labute approximate surface area is 136 Å². The Hall–Kier alpha value is -2.12. The van der Waals surface area contributed by atoms with Gasteiger partial charge in [0.15, 0.2) is 6.61 Å². The Kier molecular flexibility index (Phi) is 4.49. The quantitative estimate of drug-likeness (QED) is 0.866. The lowest BCUT2D eigenvalue weighted by atomic mass is 9.83. The van der Waals surface area contributed by atoms with Gasteiger partial charge in [0.25, 0.3) is 5.91 Å². The number of benzene rings is 1. The summed E-state index contributed by atoms with van der Waals surface area (Å²) in [6.45, 7) is -0.246. The molecule has 3 rings (SSSR count). The fourth-order valence-corrected chi connectivity index (χ4v) is 2.78. The highest BCUT2D eigenvalue weighted by Crippen LogP contribution is 2.32. The van der Waals surface area contributed by atoms with Crippen LogP contribution in [0.25, 0.3) is 0 Å². The molecule has 1 aliphatic carbocycles. The van der Waals surface area contributed by atoms with Gasteiger partial charge in [0.1, 0.15) is 11.6 Å². The molecule has 122 valence electrons. The zero-order valence-corrected chi connectivity index (χ0v) is 12.8. The number of nitrogens with one attached hydrogen (secondary N) is 1. The number of carbonyl (C=O) groups excluding carboxylic acids is 1. The second-order valence-corrected chi connectivity index (χ2v) is 5.72. The van der Waals surface area contributed by atoms with Crippen LogP contribution in [0.15, 0.2) is 36.7 Å². The van der Waals surface area contributed by atoms with E-state index in [1.54, 1.807) is 23.1 Å². The van der Waals surface area contributed by atoms with E-state index in [4.69, 9.17) is 16.3 Å². The van der Waals surface area contributed by atoms with Crippen LogP contribution in [0.5, 0.6) is 5.75 Å². The molecule has 1 aliphatic rings. The number of aliphatic hydroxyl groups is 1.